The average Bonchev–Trinajstić information content (AvgIpc) is 3.22. The number of ether oxygens (including phenoxy) is 3. The van der Waals surface area contributed by atoms with Crippen molar-refractivity contribution >= 4 is 23.0 Å². The lowest BCUT2D eigenvalue weighted by Crippen LogP contribution is -2.35. The third-order valence-electron chi connectivity index (χ3n) is 5.29. The van der Waals surface area contributed by atoms with E-state index in [1.54, 1.807) is 12.1 Å². The average molecular weight is 433 g/mol. The number of Topliss-reactive ketones (excluding diaryl/α,β-unsaturated/α-hetero) is 1. The maximum Gasteiger partial charge on any atom is 0.254 e. The lowest BCUT2D eigenvalue weighted by Gasteiger charge is -2.22. The molecule has 1 aliphatic rings. The minimum Gasteiger partial charge on any atom is -0.493 e. The number of ketones is 1. The van der Waals surface area contributed by atoms with Crippen LogP contribution in [0.2, 0.25) is 0 Å². The van der Waals surface area contributed by atoms with Crippen LogP contribution in [0.1, 0.15) is 33.6 Å². The molecule has 1 aromatic carbocycles. The molecule has 1 amide bonds. The van der Waals surface area contributed by atoms with Crippen molar-refractivity contribution < 1.29 is 23.8 Å². The molecular formula is C22H28N2O5S. The number of benzene rings is 1. The molecule has 2 aromatic rings. The first-order chi connectivity index (χ1) is 14.6. The minimum absolute atomic E-state index is 0.0644. The van der Waals surface area contributed by atoms with Gasteiger partial charge in [0, 0.05) is 49.1 Å². The van der Waals surface area contributed by atoms with Gasteiger partial charge in [0.1, 0.15) is 0 Å². The van der Waals surface area contributed by atoms with Crippen molar-refractivity contribution in [3.8, 4) is 17.2 Å². The molecule has 1 fully saturated rings. The Kier molecular flexibility index (Phi) is 7.70. The fourth-order valence-corrected chi connectivity index (χ4v) is 4.27. The number of thiophene rings is 1. The van der Waals surface area contributed by atoms with Gasteiger partial charge in [-0.05, 0) is 36.5 Å². The van der Waals surface area contributed by atoms with Gasteiger partial charge in [0.05, 0.1) is 21.3 Å². The van der Waals surface area contributed by atoms with E-state index in [1.807, 2.05) is 21.7 Å². The molecule has 1 aliphatic heterocycles. The molecule has 0 atom stereocenters. The van der Waals surface area contributed by atoms with E-state index in [0.29, 0.717) is 48.9 Å². The Balaban J connectivity index is 1.62. The maximum absolute atomic E-state index is 13.1. The largest absolute Gasteiger partial charge is 0.493 e. The Morgan fingerprint density at radius 2 is 1.70 bits per heavy atom. The van der Waals surface area contributed by atoms with Crippen molar-refractivity contribution in [2.45, 2.75) is 12.8 Å². The van der Waals surface area contributed by atoms with Crippen molar-refractivity contribution in [2.75, 3.05) is 54.1 Å². The van der Waals surface area contributed by atoms with Crippen molar-refractivity contribution in [3.63, 3.8) is 0 Å². The number of methoxy groups -OCH3 is 3. The lowest BCUT2D eigenvalue weighted by molar-refractivity contribution is 0.0758. The topological polar surface area (TPSA) is 68.3 Å². The predicted octanol–water partition coefficient (Wildman–Crippen LogP) is 3.19. The summed E-state index contributed by atoms with van der Waals surface area (Å²) < 4.78 is 16.1. The molecule has 8 heteroatoms. The van der Waals surface area contributed by atoms with Crippen molar-refractivity contribution in [1.82, 2.24) is 9.80 Å². The molecule has 162 valence electrons. The number of hydrogen-bond acceptors (Lipinski definition) is 7. The molecule has 0 radical (unpaired) electrons. The van der Waals surface area contributed by atoms with Gasteiger partial charge in [0.15, 0.2) is 17.3 Å². The first-order valence-corrected chi connectivity index (χ1v) is 10.9. The van der Waals surface area contributed by atoms with Gasteiger partial charge < -0.3 is 24.0 Å². The third-order valence-corrected chi connectivity index (χ3v) is 5.97. The molecule has 0 N–H and O–H groups in total. The molecule has 0 bridgehead atoms. The Labute approximate surface area is 181 Å². The van der Waals surface area contributed by atoms with E-state index in [1.165, 1.54) is 32.7 Å². The van der Waals surface area contributed by atoms with Gasteiger partial charge >= 0.3 is 0 Å². The molecule has 1 saturated heterocycles. The SMILES string of the molecule is COc1cc(C(=O)N2CCCN(CCC(=O)c3ccsc3)CC2)cc(OC)c1OC. The standard InChI is InChI=1S/C22H28N2O5S/c1-27-19-13-17(14-20(28-2)21(19)29-3)22(26)24-8-4-7-23(10-11-24)9-5-18(25)16-6-12-30-15-16/h6,12-15H,4-5,7-11H2,1-3H3. The van der Waals surface area contributed by atoms with Crippen LogP contribution in [-0.2, 0) is 0 Å². The van der Waals surface area contributed by atoms with E-state index in [-0.39, 0.29) is 11.7 Å². The molecule has 1 aromatic heterocycles. The number of carbonyl (C=O) groups is 2. The summed E-state index contributed by atoms with van der Waals surface area (Å²) in [6.07, 6.45) is 1.36. The Morgan fingerprint density at radius 1 is 0.967 bits per heavy atom. The minimum atomic E-state index is -0.0644. The fraction of sp³-hybridized carbons (Fsp3) is 0.455. The molecule has 7 nitrogen and oxygen atoms in total. The van der Waals surface area contributed by atoms with Crippen LogP contribution in [0, 0.1) is 0 Å². The fourth-order valence-electron chi connectivity index (χ4n) is 3.61. The summed E-state index contributed by atoms with van der Waals surface area (Å²) in [5.41, 5.74) is 1.29. The number of hydrogen-bond donors (Lipinski definition) is 0. The predicted molar refractivity (Wildman–Crippen MR) is 116 cm³/mol. The Bertz CT molecular complexity index is 843. The quantitative estimate of drug-likeness (QED) is 0.597. The number of carbonyl (C=O) groups excluding carboxylic acids is 2. The molecule has 30 heavy (non-hydrogen) atoms. The summed E-state index contributed by atoms with van der Waals surface area (Å²) in [4.78, 5) is 29.5. The van der Waals surface area contributed by atoms with Crippen LogP contribution in [-0.4, -0.2) is 75.5 Å². The smallest absolute Gasteiger partial charge is 0.254 e. The van der Waals surface area contributed by atoms with Gasteiger partial charge in [0.2, 0.25) is 5.75 Å². The Hall–Kier alpha value is -2.58. The molecule has 0 saturated carbocycles. The number of amides is 1. The van der Waals surface area contributed by atoms with Gasteiger partial charge in [0.25, 0.3) is 5.91 Å². The summed E-state index contributed by atoms with van der Waals surface area (Å²) in [5.74, 6) is 1.50. The van der Waals surface area contributed by atoms with Crippen molar-refractivity contribution in [2.24, 2.45) is 0 Å². The highest BCUT2D eigenvalue weighted by molar-refractivity contribution is 7.08. The van der Waals surface area contributed by atoms with E-state index in [9.17, 15) is 9.59 Å². The van der Waals surface area contributed by atoms with Crippen LogP contribution in [0.5, 0.6) is 17.2 Å². The van der Waals surface area contributed by atoms with Gasteiger partial charge in [-0.1, -0.05) is 0 Å². The summed E-state index contributed by atoms with van der Waals surface area (Å²) in [7, 11) is 4.61. The zero-order valence-corrected chi connectivity index (χ0v) is 18.5. The van der Waals surface area contributed by atoms with Gasteiger partial charge in [-0.25, -0.2) is 0 Å². The van der Waals surface area contributed by atoms with Crippen LogP contribution in [0.15, 0.2) is 29.0 Å². The third kappa shape index (κ3) is 5.12. The lowest BCUT2D eigenvalue weighted by atomic mass is 10.1. The first-order valence-electron chi connectivity index (χ1n) is 9.94. The molecular weight excluding hydrogens is 404 g/mol. The second kappa shape index (κ2) is 10.4. The summed E-state index contributed by atoms with van der Waals surface area (Å²) in [5, 5.41) is 3.81. The highest BCUT2D eigenvalue weighted by atomic mass is 32.1. The van der Waals surface area contributed by atoms with E-state index >= 15 is 0 Å². The number of rotatable bonds is 8. The molecule has 2 heterocycles. The van der Waals surface area contributed by atoms with E-state index < -0.39 is 0 Å². The van der Waals surface area contributed by atoms with Crippen molar-refractivity contribution in [1.29, 1.82) is 0 Å². The first kappa shape index (κ1) is 22.1. The van der Waals surface area contributed by atoms with E-state index in [2.05, 4.69) is 4.90 Å². The van der Waals surface area contributed by atoms with Crippen molar-refractivity contribution in [3.05, 3.63) is 40.1 Å². The number of nitrogens with zero attached hydrogens (tertiary/aromatic N) is 2. The highest BCUT2D eigenvalue weighted by Crippen LogP contribution is 2.38. The molecule has 3 rings (SSSR count). The Morgan fingerprint density at radius 3 is 2.30 bits per heavy atom. The van der Waals surface area contributed by atoms with E-state index in [4.69, 9.17) is 14.2 Å². The van der Waals surface area contributed by atoms with Crippen LogP contribution >= 0.6 is 11.3 Å². The normalized spacial score (nSPS) is 14.8. The molecule has 0 aliphatic carbocycles. The van der Waals surface area contributed by atoms with Gasteiger partial charge in [-0.3, -0.25) is 9.59 Å². The van der Waals surface area contributed by atoms with Crippen LogP contribution < -0.4 is 14.2 Å². The highest BCUT2D eigenvalue weighted by Gasteiger charge is 2.23. The van der Waals surface area contributed by atoms with Gasteiger partial charge in [-0.15, -0.1) is 0 Å². The van der Waals surface area contributed by atoms with Crippen LogP contribution in [0.3, 0.4) is 0 Å². The summed E-state index contributed by atoms with van der Waals surface area (Å²) in [6, 6.07) is 5.24. The summed E-state index contributed by atoms with van der Waals surface area (Å²) in [6.45, 7) is 3.61. The van der Waals surface area contributed by atoms with E-state index in [0.717, 1.165) is 25.1 Å². The van der Waals surface area contributed by atoms with Gasteiger partial charge in [-0.2, -0.15) is 11.3 Å². The molecule has 0 spiro atoms. The monoisotopic (exact) mass is 432 g/mol. The van der Waals surface area contributed by atoms with Crippen LogP contribution in [0.25, 0.3) is 0 Å². The second-order valence-electron chi connectivity index (χ2n) is 7.09. The summed E-state index contributed by atoms with van der Waals surface area (Å²) >= 11 is 1.54. The van der Waals surface area contributed by atoms with Crippen LogP contribution in [0.4, 0.5) is 0 Å². The molecule has 0 unspecified atom stereocenters. The zero-order chi connectivity index (χ0) is 21.5. The maximum atomic E-state index is 13.1. The zero-order valence-electron chi connectivity index (χ0n) is 17.7. The second-order valence-corrected chi connectivity index (χ2v) is 7.87.